The van der Waals surface area contributed by atoms with Crippen LogP contribution in [0.25, 0.3) is 0 Å². The first-order valence-electron chi connectivity index (χ1n) is 7.05. The molecule has 4 heteroatoms. The van der Waals surface area contributed by atoms with E-state index in [4.69, 9.17) is 9.16 Å². The third kappa shape index (κ3) is 5.65. The van der Waals surface area contributed by atoms with Gasteiger partial charge in [-0.2, -0.15) is 0 Å². The number of nitrogens with zero attached hydrogens (tertiary/aromatic N) is 1. The SMILES string of the molecule is C=CCN(CC1COCCC[Si](C)(C)O1)C(C)C. The Kier molecular flexibility index (Phi) is 6.56. The molecule has 0 radical (unpaired) electrons. The van der Waals surface area contributed by atoms with Crippen LogP contribution in [0.4, 0.5) is 0 Å². The number of ether oxygens (including phenoxy) is 1. The summed E-state index contributed by atoms with van der Waals surface area (Å²) in [6.45, 7) is 16.4. The van der Waals surface area contributed by atoms with Crippen molar-refractivity contribution in [2.24, 2.45) is 0 Å². The lowest BCUT2D eigenvalue weighted by atomic mass is 10.2. The van der Waals surface area contributed by atoms with Crippen LogP contribution in [0.3, 0.4) is 0 Å². The molecule has 1 aliphatic heterocycles. The summed E-state index contributed by atoms with van der Waals surface area (Å²) in [6, 6.07) is 1.72. The minimum atomic E-state index is -1.49. The lowest BCUT2D eigenvalue weighted by molar-refractivity contribution is 0.0141. The van der Waals surface area contributed by atoms with Crippen LogP contribution in [0.15, 0.2) is 12.7 Å². The van der Waals surface area contributed by atoms with Gasteiger partial charge in [0.1, 0.15) is 0 Å². The van der Waals surface area contributed by atoms with Gasteiger partial charge in [0.25, 0.3) is 0 Å². The van der Waals surface area contributed by atoms with E-state index >= 15 is 0 Å². The Morgan fingerprint density at radius 2 is 2.17 bits per heavy atom. The molecule has 18 heavy (non-hydrogen) atoms. The molecule has 1 unspecified atom stereocenters. The van der Waals surface area contributed by atoms with E-state index in [2.05, 4.69) is 38.4 Å². The molecule has 1 fully saturated rings. The van der Waals surface area contributed by atoms with Crippen molar-refractivity contribution < 1.29 is 9.16 Å². The van der Waals surface area contributed by atoms with E-state index in [0.29, 0.717) is 6.04 Å². The van der Waals surface area contributed by atoms with Crippen LogP contribution in [0.5, 0.6) is 0 Å². The van der Waals surface area contributed by atoms with Crippen molar-refractivity contribution >= 4 is 8.32 Å². The van der Waals surface area contributed by atoms with Gasteiger partial charge in [0.05, 0.1) is 12.7 Å². The van der Waals surface area contributed by atoms with E-state index < -0.39 is 8.32 Å². The highest BCUT2D eigenvalue weighted by atomic mass is 28.4. The highest BCUT2D eigenvalue weighted by molar-refractivity contribution is 6.71. The van der Waals surface area contributed by atoms with Gasteiger partial charge in [-0.15, -0.1) is 6.58 Å². The average molecular weight is 271 g/mol. The second-order valence-electron chi connectivity index (χ2n) is 6.01. The van der Waals surface area contributed by atoms with Crippen LogP contribution in [-0.2, 0) is 9.16 Å². The van der Waals surface area contributed by atoms with Gasteiger partial charge in [0, 0.05) is 25.7 Å². The lowest BCUT2D eigenvalue weighted by Gasteiger charge is -2.36. The van der Waals surface area contributed by atoms with Gasteiger partial charge in [0.15, 0.2) is 8.32 Å². The summed E-state index contributed by atoms with van der Waals surface area (Å²) < 4.78 is 12.0. The summed E-state index contributed by atoms with van der Waals surface area (Å²) in [4.78, 5) is 2.40. The van der Waals surface area contributed by atoms with Crippen LogP contribution in [-0.4, -0.2) is 51.7 Å². The van der Waals surface area contributed by atoms with Crippen LogP contribution >= 0.6 is 0 Å². The van der Waals surface area contributed by atoms with Crippen LogP contribution in [0.1, 0.15) is 20.3 Å². The zero-order chi connectivity index (χ0) is 13.6. The maximum absolute atomic E-state index is 6.34. The fourth-order valence-corrected chi connectivity index (χ4v) is 4.53. The minimum Gasteiger partial charge on any atom is -0.411 e. The molecule has 1 rings (SSSR count). The van der Waals surface area contributed by atoms with Crippen molar-refractivity contribution in [3.8, 4) is 0 Å². The molecule has 0 aliphatic carbocycles. The molecule has 0 aromatic rings. The maximum atomic E-state index is 6.34. The Morgan fingerprint density at radius 1 is 1.44 bits per heavy atom. The standard InChI is InChI=1S/C14H29NO2Si/c1-6-8-15(13(2)3)11-14-12-16-9-7-10-18(4,5)17-14/h6,13-14H,1,7-12H2,2-5H3. The highest BCUT2D eigenvalue weighted by Gasteiger charge is 2.29. The second-order valence-corrected chi connectivity index (χ2v) is 10.3. The van der Waals surface area contributed by atoms with Crippen LogP contribution in [0.2, 0.25) is 19.1 Å². The molecule has 0 saturated carbocycles. The molecule has 1 heterocycles. The predicted octanol–water partition coefficient (Wildman–Crippen LogP) is 2.89. The third-order valence-electron chi connectivity index (χ3n) is 3.39. The molecular formula is C14H29NO2Si. The molecule has 1 atom stereocenters. The molecule has 0 N–H and O–H groups in total. The first-order valence-corrected chi connectivity index (χ1v) is 10.2. The maximum Gasteiger partial charge on any atom is 0.187 e. The van der Waals surface area contributed by atoms with Gasteiger partial charge in [0.2, 0.25) is 0 Å². The van der Waals surface area contributed by atoms with E-state index in [1.54, 1.807) is 0 Å². The normalized spacial score (nSPS) is 24.9. The largest absolute Gasteiger partial charge is 0.411 e. The molecule has 1 aliphatic rings. The molecule has 3 nitrogen and oxygen atoms in total. The Bertz CT molecular complexity index is 256. The summed E-state index contributed by atoms with van der Waals surface area (Å²) in [6.07, 6.45) is 3.33. The van der Waals surface area contributed by atoms with Crippen molar-refractivity contribution in [1.82, 2.24) is 4.90 Å². The third-order valence-corrected chi connectivity index (χ3v) is 5.92. The van der Waals surface area contributed by atoms with E-state index in [1.165, 1.54) is 6.04 Å². The van der Waals surface area contributed by atoms with Gasteiger partial charge in [-0.25, -0.2) is 0 Å². The van der Waals surface area contributed by atoms with Crippen molar-refractivity contribution in [3.05, 3.63) is 12.7 Å². The second kappa shape index (κ2) is 7.43. The number of rotatable bonds is 5. The van der Waals surface area contributed by atoms with Crippen molar-refractivity contribution in [2.45, 2.75) is 51.6 Å². The van der Waals surface area contributed by atoms with Gasteiger partial charge in [-0.1, -0.05) is 6.08 Å². The number of hydrogen-bond acceptors (Lipinski definition) is 3. The molecule has 0 bridgehead atoms. The van der Waals surface area contributed by atoms with E-state index in [1.807, 2.05) is 6.08 Å². The summed E-state index contributed by atoms with van der Waals surface area (Å²) >= 11 is 0. The highest BCUT2D eigenvalue weighted by Crippen LogP contribution is 2.19. The van der Waals surface area contributed by atoms with Gasteiger partial charge in [-0.3, -0.25) is 4.90 Å². The summed E-state index contributed by atoms with van der Waals surface area (Å²) in [5.41, 5.74) is 0. The van der Waals surface area contributed by atoms with Crippen molar-refractivity contribution in [1.29, 1.82) is 0 Å². The van der Waals surface area contributed by atoms with Crippen molar-refractivity contribution in [2.75, 3.05) is 26.3 Å². The lowest BCUT2D eigenvalue weighted by Crippen LogP contribution is -2.46. The molecule has 0 amide bonds. The van der Waals surface area contributed by atoms with E-state index in [9.17, 15) is 0 Å². The average Bonchev–Trinajstić information content (AvgIpc) is 2.24. The fourth-order valence-electron chi connectivity index (χ4n) is 2.37. The molecule has 106 valence electrons. The zero-order valence-corrected chi connectivity index (χ0v) is 13.4. The first-order chi connectivity index (χ1) is 8.44. The Morgan fingerprint density at radius 3 is 2.78 bits per heavy atom. The zero-order valence-electron chi connectivity index (χ0n) is 12.4. The fraction of sp³-hybridized carbons (Fsp3) is 0.857. The first kappa shape index (κ1) is 15.9. The predicted molar refractivity (Wildman–Crippen MR) is 79.5 cm³/mol. The van der Waals surface area contributed by atoms with Gasteiger partial charge < -0.3 is 9.16 Å². The summed E-state index contributed by atoms with van der Waals surface area (Å²) in [5, 5.41) is 0. The van der Waals surface area contributed by atoms with Crippen LogP contribution < -0.4 is 0 Å². The van der Waals surface area contributed by atoms with Gasteiger partial charge in [-0.05, 0) is 39.4 Å². The Hall–Kier alpha value is -0.163. The molecule has 0 aromatic carbocycles. The summed E-state index contributed by atoms with van der Waals surface area (Å²) in [5.74, 6) is 0. The molecule has 0 aromatic heterocycles. The Labute approximate surface area is 113 Å². The molecule has 1 saturated heterocycles. The molecular weight excluding hydrogens is 242 g/mol. The Balaban J connectivity index is 2.57. The van der Waals surface area contributed by atoms with Crippen LogP contribution in [0, 0.1) is 0 Å². The van der Waals surface area contributed by atoms with E-state index in [-0.39, 0.29) is 6.10 Å². The summed E-state index contributed by atoms with van der Waals surface area (Å²) in [7, 11) is -1.49. The monoisotopic (exact) mass is 271 g/mol. The smallest absolute Gasteiger partial charge is 0.187 e. The minimum absolute atomic E-state index is 0.217. The quantitative estimate of drug-likeness (QED) is 0.567. The van der Waals surface area contributed by atoms with Gasteiger partial charge >= 0.3 is 0 Å². The van der Waals surface area contributed by atoms with E-state index in [0.717, 1.165) is 32.7 Å². The topological polar surface area (TPSA) is 21.7 Å². The number of hydrogen-bond donors (Lipinski definition) is 0. The molecule has 0 spiro atoms. The van der Waals surface area contributed by atoms with Crippen molar-refractivity contribution in [3.63, 3.8) is 0 Å².